The highest BCUT2D eigenvalue weighted by Crippen LogP contribution is 2.21. The Morgan fingerprint density at radius 2 is 2.10 bits per heavy atom. The summed E-state index contributed by atoms with van der Waals surface area (Å²) in [5.74, 6) is -0.957. The van der Waals surface area contributed by atoms with Crippen molar-refractivity contribution in [3.8, 4) is 0 Å². The molecule has 6 heteroatoms. The van der Waals surface area contributed by atoms with Crippen molar-refractivity contribution in [2.24, 2.45) is 0 Å². The summed E-state index contributed by atoms with van der Waals surface area (Å²) in [4.78, 5) is 12.6. The maximum absolute atomic E-state index is 12.6. The van der Waals surface area contributed by atoms with Gasteiger partial charge in [-0.25, -0.2) is 13.6 Å². The molecule has 0 spiro atoms. The third kappa shape index (κ3) is 5.06. The summed E-state index contributed by atoms with van der Waals surface area (Å²) >= 11 is 0. The van der Waals surface area contributed by atoms with E-state index in [9.17, 15) is 13.6 Å². The van der Waals surface area contributed by atoms with E-state index in [4.69, 9.17) is 9.84 Å². The van der Waals surface area contributed by atoms with E-state index in [-0.39, 0.29) is 18.3 Å². The number of rotatable bonds is 6. The van der Waals surface area contributed by atoms with Gasteiger partial charge >= 0.3 is 5.97 Å². The molecule has 1 saturated heterocycles. The molecule has 116 valence electrons. The fourth-order valence-corrected chi connectivity index (χ4v) is 2.51. The summed E-state index contributed by atoms with van der Waals surface area (Å²) in [5, 5.41) is 8.57. The summed E-state index contributed by atoms with van der Waals surface area (Å²) in [7, 11) is 0. The second-order valence-corrected chi connectivity index (χ2v) is 5.23. The summed E-state index contributed by atoms with van der Waals surface area (Å²) in [6.45, 7) is 1.93. The number of halogens is 2. The van der Waals surface area contributed by atoms with Gasteiger partial charge in [0.15, 0.2) is 0 Å². The van der Waals surface area contributed by atoms with Gasteiger partial charge in [0.05, 0.1) is 6.10 Å². The van der Waals surface area contributed by atoms with Gasteiger partial charge in [-0.1, -0.05) is 18.2 Å². The van der Waals surface area contributed by atoms with E-state index in [0.29, 0.717) is 6.54 Å². The van der Waals surface area contributed by atoms with Gasteiger partial charge in [0.2, 0.25) is 0 Å². The van der Waals surface area contributed by atoms with Crippen molar-refractivity contribution >= 4 is 5.97 Å². The van der Waals surface area contributed by atoms with Gasteiger partial charge < -0.3 is 9.84 Å². The topological polar surface area (TPSA) is 49.8 Å². The number of aliphatic carboxylic acids is 1. The lowest BCUT2D eigenvalue weighted by molar-refractivity contribution is -0.145. The average molecular weight is 299 g/mol. The molecular weight excluding hydrogens is 280 g/mol. The molecule has 0 radical (unpaired) electrons. The van der Waals surface area contributed by atoms with Crippen LogP contribution in [0, 0.1) is 0 Å². The molecule has 2 rings (SSSR count). The number of nitrogens with zero attached hydrogens (tertiary/aromatic N) is 1. The highest BCUT2D eigenvalue weighted by Gasteiger charge is 2.20. The maximum Gasteiger partial charge on any atom is 0.329 e. The quantitative estimate of drug-likeness (QED) is 0.877. The van der Waals surface area contributed by atoms with Crippen LogP contribution in [0.1, 0.15) is 30.4 Å². The Bertz CT molecular complexity index is 474. The number of ether oxygens (including phenoxy) is 1. The fourth-order valence-electron chi connectivity index (χ4n) is 2.51. The van der Waals surface area contributed by atoms with E-state index in [0.717, 1.165) is 31.5 Å². The van der Waals surface area contributed by atoms with Gasteiger partial charge in [-0.05, 0) is 24.5 Å². The summed E-state index contributed by atoms with van der Waals surface area (Å²) in [5.41, 5.74) is 0.921. The van der Waals surface area contributed by atoms with Crippen molar-refractivity contribution in [1.29, 1.82) is 0 Å². The number of alkyl halides is 2. The van der Waals surface area contributed by atoms with Crippen LogP contribution in [-0.2, 0) is 16.1 Å². The van der Waals surface area contributed by atoms with Gasteiger partial charge in [0.1, 0.15) is 6.61 Å². The number of hydrogen-bond donors (Lipinski definition) is 1. The Morgan fingerprint density at radius 1 is 1.38 bits per heavy atom. The molecule has 0 amide bonds. The Labute approximate surface area is 122 Å². The predicted molar refractivity (Wildman–Crippen MR) is 73.3 cm³/mol. The van der Waals surface area contributed by atoms with E-state index >= 15 is 0 Å². The van der Waals surface area contributed by atoms with Crippen molar-refractivity contribution < 1.29 is 23.4 Å². The first-order chi connectivity index (χ1) is 10.0. The zero-order chi connectivity index (χ0) is 15.2. The second-order valence-electron chi connectivity index (χ2n) is 5.23. The molecular formula is C15H19F2NO3. The van der Waals surface area contributed by atoms with Crippen molar-refractivity contribution in [2.45, 2.75) is 31.9 Å². The molecule has 0 aliphatic carbocycles. The second kappa shape index (κ2) is 7.47. The first-order valence-corrected chi connectivity index (χ1v) is 6.97. The van der Waals surface area contributed by atoms with Gasteiger partial charge in [-0.2, -0.15) is 0 Å². The van der Waals surface area contributed by atoms with E-state index in [1.54, 1.807) is 6.07 Å². The molecule has 1 heterocycles. The zero-order valence-corrected chi connectivity index (χ0v) is 11.7. The lowest BCUT2D eigenvalue weighted by Crippen LogP contribution is -2.37. The van der Waals surface area contributed by atoms with Crippen LogP contribution < -0.4 is 0 Å². The van der Waals surface area contributed by atoms with Crippen LogP contribution in [-0.4, -0.2) is 41.8 Å². The molecule has 4 nitrogen and oxygen atoms in total. The Morgan fingerprint density at radius 3 is 2.71 bits per heavy atom. The highest BCUT2D eigenvalue weighted by molar-refractivity contribution is 5.68. The Kier molecular flexibility index (Phi) is 5.64. The van der Waals surface area contributed by atoms with Crippen molar-refractivity contribution in [3.63, 3.8) is 0 Å². The zero-order valence-electron chi connectivity index (χ0n) is 11.7. The van der Waals surface area contributed by atoms with Crippen molar-refractivity contribution in [2.75, 3.05) is 19.7 Å². The number of benzene rings is 1. The number of hydrogen-bond acceptors (Lipinski definition) is 3. The molecule has 0 atom stereocenters. The molecule has 1 aliphatic rings. The molecule has 0 aromatic heterocycles. The fraction of sp³-hybridized carbons (Fsp3) is 0.533. The van der Waals surface area contributed by atoms with Crippen molar-refractivity contribution in [1.82, 2.24) is 4.90 Å². The van der Waals surface area contributed by atoms with E-state index < -0.39 is 12.4 Å². The van der Waals surface area contributed by atoms with E-state index in [2.05, 4.69) is 4.90 Å². The molecule has 1 aliphatic heterocycles. The Balaban J connectivity index is 1.80. The molecule has 1 aromatic carbocycles. The molecule has 0 unspecified atom stereocenters. The van der Waals surface area contributed by atoms with Crippen LogP contribution in [0.2, 0.25) is 0 Å². The number of carboxylic acid groups (broad SMARTS) is 1. The summed E-state index contributed by atoms with van der Waals surface area (Å²) in [6.07, 6.45) is -0.936. The van der Waals surface area contributed by atoms with Crippen molar-refractivity contribution in [3.05, 3.63) is 35.4 Å². The van der Waals surface area contributed by atoms with Gasteiger partial charge in [-0.3, -0.25) is 4.90 Å². The smallest absolute Gasteiger partial charge is 0.329 e. The number of likely N-dealkylation sites (tertiary alicyclic amines) is 1. The van der Waals surface area contributed by atoms with Crippen LogP contribution in [0.4, 0.5) is 8.78 Å². The minimum absolute atomic E-state index is 0.0234. The highest BCUT2D eigenvalue weighted by atomic mass is 19.3. The molecule has 21 heavy (non-hydrogen) atoms. The Hall–Kier alpha value is -1.53. The molecule has 0 saturated carbocycles. The lowest BCUT2D eigenvalue weighted by atomic mass is 10.1. The number of piperidine rings is 1. The molecule has 1 aromatic rings. The summed E-state index contributed by atoms with van der Waals surface area (Å²) < 4.78 is 30.6. The monoisotopic (exact) mass is 299 g/mol. The normalized spacial score (nSPS) is 17.3. The molecule has 1 fully saturated rings. The van der Waals surface area contributed by atoms with Crippen LogP contribution in [0.25, 0.3) is 0 Å². The SMILES string of the molecule is O=C(O)COC1CCN(Cc2cccc(C(F)F)c2)CC1. The number of carbonyl (C=O) groups is 1. The molecule has 0 bridgehead atoms. The lowest BCUT2D eigenvalue weighted by Gasteiger charge is -2.31. The predicted octanol–water partition coefficient (Wildman–Crippen LogP) is 2.69. The minimum atomic E-state index is -2.44. The van der Waals surface area contributed by atoms with Crippen LogP contribution in [0.3, 0.4) is 0 Å². The van der Waals surface area contributed by atoms with Gasteiger partial charge in [-0.15, -0.1) is 0 Å². The first kappa shape index (κ1) is 15.9. The maximum atomic E-state index is 12.6. The van der Waals surface area contributed by atoms with Crippen LogP contribution >= 0.6 is 0 Å². The molecule has 1 N–H and O–H groups in total. The average Bonchev–Trinajstić information content (AvgIpc) is 2.47. The minimum Gasteiger partial charge on any atom is -0.480 e. The standard InChI is InChI=1S/C15H19F2NO3/c16-15(17)12-3-1-2-11(8-12)9-18-6-4-13(5-7-18)21-10-14(19)20/h1-3,8,13,15H,4-7,9-10H2,(H,19,20). The van der Waals surface area contributed by atoms with Crippen LogP contribution in [0.5, 0.6) is 0 Å². The van der Waals surface area contributed by atoms with Crippen LogP contribution in [0.15, 0.2) is 24.3 Å². The van der Waals surface area contributed by atoms with Gasteiger partial charge in [0, 0.05) is 25.2 Å². The van der Waals surface area contributed by atoms with E-state index in [1.165, 1.54) is 12.1 Å². The van der Waals surface area contributed by atoms with E-state index in [1.807, 2.05) is 6.07 Å². The largest absolute Gasteiger partial charge is 0.480 e. The third-order valence-electron chi connectivity index (χ3n) is 3.59. The third-order valence-corrected chi connectivity index (χ3v) is 3.59. The summed E-state index contributed by atoms with van der Waals surface area (Å²) in [6, 6.07) is 6.47. The number of carboxylic acids is 1. The van der Waals surface area contributed by atoms with Gasteiger partial charge in [0.25, 0.3) is 6.43 Å². The first-order valence-electron chi connectivity index (χ1n) is 6.97.